The molecule has 2 atom stereocenters. The number of alkyl halides is 3. The number of amides is 1. The molecule has 1 amide bonds. The fourth-order valence-corrected chi connectivity index (χ4v) is 3.59. The lowest BCUT2D eigenvalue weighted by atomic mass is 9.82. The highest BCUT2D eigenvalue weighted by molar-refractivity contribution is 5.77. The van der Waals surface area contributed by atoms with Gasteiger partial charge in [0.1, 0.15) is 11.9 Å². The Morgan fingerprint density at radius 3 is 2.55 bits per heavy atom. The summed E-state index contributed by atoms with van der Waals surface area (Å²) in [5.74, 6) is 0.736. The molecule has 8 nitrogen and oxygen atoms in total. The van der Waals surface area contributed by atoms with Crippen molar-refractivity contribution in [1.29, 1.82) is 0 Å². The lowest BCUT2D eigenvalue weighted by Crippen LogP contribution is -2.43. The Kier molecular flexibility index (Phi) is 6.42. The maximum atomic E-state index is 12.2. The Balaban J connectivity index is 1.18. The normalized spacial score (nSPS) is 26.2. The fourth-order valence-electron chi connectivity index (χ4n) is 3.59. The topological polar surface area (TPSA) is 95.7 Å². The summed E-state index contributed by atoms with van der Waals surface area (Å²) < 4.78 is 57.4. The Labute approximate surface area is 176 Å². The van der Waals surface area contributed by atoms with E-state index in [1.807, 2.05) is 18.2 Å². The zero-order valence-corrected chi connectivity index (χ0v) is 16.5. The maximum Gasteiger partial charge on any atom is 0.522 e. The number of nitrogens with zero attached hydrogens (tertiary/aromatic N) is 2. The molecule has 0 bridgehead atoms. The van der Waals surface area contributed by atoms with Gasteiger partial charge >= 0.3 is 6.36 Å². The molecule has 31 heavy (non-hydrogen) atoms. The van der Waals surface area contributed by atoms with Crippen LogP contribution in [0.15, 0.2) is 34.7 Å². The number of carbonyl (C=O) groups is 1. The molecule has 1 saturated carbocycles. The maximum absolute atomic E-state index is 12.2. The van der Waals surface area contributed by atoms with E-state index in [0.717, 1.165) is 0 Å². The average Bonchev–Trinajstić information content (AvgIpc) is 3.19. The number of halogens is 3. The van der Waals surface area contributed by atoms with Crippen LogP contribution in [-0.4, -0.2) is 47.8 Å². The number of hydrogen-bond donors (Lipinski definition) is 1. The van der Waals surface area contributed by atoms with Gasteiger partial charge in [-0.3, -0.25) is 9.53 Å². The van der Waals surface area contributed by atoms with E-state index < -0.39 is 18.6 Å². The number of para-hydroxylation sites is 1. The summed E-state index contributed by atoms with van der Waals surface area (Å²) in [5, 5.41) is 10.8. The summed E-state index contributed by atoms with van der Waals surface area (Å²) in [4.78, 5) is 12.1. The van der Waals surface area contributed by atoms with E-state index in [4.69, 9.17) is 13.9 Å². The minimum absolute atomic E-state index is 0.0859. The smallest absolute Gasteiger partial charge is 0.484 e. The van der Waals surface area contributed by atoms with Crippen LogP contribution in [0.3, 0.4) is 0 Å². The fraction of sp³-hybridized carbons (Fsp3) is 0.550. The van der Waals surface area contributed by atoms with Gasteiger partial charge in [0.25, 0.3) is 5.91 Å². The van der Waals surface area contributed by atoms with Gasteiger partial charge in [0.15, 0.2) is 6.61 Å². The molecule has 1 aromatic heterocycles. The van der Waals surface area contributed by atoms with Crippen molar-refractivity contribution in [2.24, 2.45) is 0 Å². The van der Waals surface area contributed by atoms with Gasteiger partial charge in [-0.05, 0) is 37.8 Å². The summed E-state index contributed by atoms with van der Waals surface area (Å²) >= 11 is 0. The van der Waals surface area contributed by atoms with Gasteiger partial charge in [0, 0.05) is 5.92 Å². The monoisotopic (exact) mass is 441 g/mol. The van der Waals surface area contributed by atoms with Gasteiger partial charge in [-0.15, -0.1) is 23.4 Å². The van der Waals surface area contributed by atoms with Crippen molar-refractivity contribution in [1.82, 2.24) is 15.5 Å². The summed E-state index contributed by atoms with van der Waals surface area (Å²) in [6, 6.07) is 8.90. The summed E-state index contributed by atoms with van der Waals surface area (Å²) in [6.07, 6.45) is -4.32. The molecular formula is C20H22F3N3O5. The molecule has 1 aliphatic heterocycles. The molecule has 168 valence electrons. The highest BCUT2D eigenvalue weighted by Gasteiger charge is 2.42. The number of hydrogen-bond acceptors (Lipinski definition) is 7. The molecule has 0 spiro atoms. The molecule has 11 heteroatoms. The van der Waals surface area contributed by atoms with Crippen molar-refractivity contribution >= 4 is 5.91 Å². The molecular weight excluding hydrogens is 419 g/mol. The average molecular weight is 441 g/mol. The van der Waals surface area contributed by atoms with E-state index in [0.29, 0.717) is 30.4 Å². The first kappa shape index (κ1) is 21.6. The zero-order valence-electron chi connectivity index (χ0n) is 16.5. The number of aromatic nitrogens is 2. The Hall–Kier alpha value is -2.66. The molecule has 1 aliphatic carbocycles. The second-order valence-corrected chi connectivity index (χ2v) is 7.60. The van der Waals surface area contributed by atoms with Gasteiger partial charge in [0.05, 0.1) is 18.8 Å². The first-order valence-electron chi connectivity index (χ1n) is 10.0. The molecule has 2 aliphatic rings. The second kappa shape index (κ2) is 9.23. The van der Waals surface area contributed by atoms with Gasteiger partial charge < -0.3 is 19.2 Å². The Bertz CT molecular complexity index is 862. The number of carbonyl (C=O) groups excluding carboxylic acids is 1. The molecule has 0 radical (unpaired) electrons. The van der Waals surface area contributed by atoms with Crippen molar-refractivity contribution in [2.45, 2.75) is 56.2 Å². The molecule has 4 rings (SSSR count). The Morgan fingerprint density at radius 2 is 1.87 bits per heavy atom. The molecule has 2 aromatic rings. The van der Waals surface area contributed by atoms with E-state index >= 15 is 0 Å². The predicted molar refractivity (Wildman–Crippen MR) is 99.0 cm³/mol. The molecule has 0 unspecified atom stereocenters. The quantitative estimate of drug-likeness (QED) is 0.705. The van der Waals surface area contributed by atoms with Crippen molar-refractivity contribution < 1.29 is 36.6 Å². The van der Waals surface area contributed by atoms with E-state index in [9.17, 15) is 18.0 Å². The summed E-state index contributed by atoms with van der Waals surface area (Å²) in [6.45, 7) is 0.196. The van der Waals surface area contributed by atoms with Crippen LogP contribution >= 0.6 is 0 Å². The van der Waals surface area contributed by atoms with Crippen LogP contribution in [0.4, 0.5) is 13.2 Å². The van der Waals surface area contributed by atoms with Gasteiger partial charge in [0.2, 0.25) is 11.8 Å². The van der Waals surface area contributed by atoms with Gasteiger partial charge in [-0.1, -0.05) is 18.2 Å². The first-order chi connectivity index (χ1) is 14.9. The van der Waals surface area contributed by atoms with Gasteiger partial charge in [-0.2, -0.15) is 0 Å². The van der Waals surface area contributed by atoms with E-state index in [-0.39, 0.29) is 43.9 Å². The van der Waals surface area contributed by atoms with E-state index in [2.05, 4.69) is 20.3 Å². The predicted octanol–water partition coefficient (Wildman–Crippen LogP) is 3.27. The molecule has 2 fully saturated rings. The van der Waals surface area contributed by atoms with Crippen molar-refractivity contribution in [3.05, 3.63) is 42.1 Å². The van der Waals surface area contributed by atoms with Crippen LogP contribution in [0, 0.1) is 0 Å². The third kappa shape index (κ3) is 5.95. The van der Waals surface area contributed by atoms with Crippen LogP contribution < -0.4 is 10.1 Å². The minimum atomic E-state index is -4.63. The van der Waals surface area contributed by atoms with Crippen molar-refractivity contribution in [3.8, 4) is 5.75 Å². The summed E-state index contributed by atoms with van der Waals surface area (Å²) in [7, 11) is 0. The van der Waals surface area contributed by atoms with Crippen molar-refractivity contribution in [3.63, 3.8) is 0 Å². The summed E-state index contributed by atoms with van der Waals surface area (Å²) in [5.41, 5.74) is 0. The lowest BCUT2D eigenvalue weighted by Gasteiger charge is -2.33. The van der Waals surface area contributed by atoms with Crippen LogP contribution in [0.2, 0.25) is 0 Å². The standard InChI is InChI=1S/C20H22F3N3O5/c21-20(22,23)31-15-8-12(9-15)18-25-26-19(30-18)16-7-6-13(10-29-16)24-17(27)11-28-14-4-2-1-3-5-14/h1-5,12-13,15-16H,6-11H2,(H,24,27)/t12-,13-,15+,16+/m0/s1. The molecule has 1 aromatic carbocycles. The third-order valence-electron chi connectivity index (χ3n) is 5.23. The third-order valence-corrected chi connectivity index (χ3v) is 5.23. The van der Waals surface area contributed by atoms with E-state index in [1.54, 1.807) is 12.1 Å². The highest BCUT2D eigenvalue weighted by Crippen LogP contribution is 2.41. The van der Waals surface area contributed by atoms with Crippen LogP contribution in [-0.2, 0) is 14.3 Å². The molecule has 1 N–H and O–H groups in total. The van der Waals surface area contributed by atoms with Crippen LogP contribution in [0.25, 0.3) is 0 Å². The van der Waals surface area contributed by atoms with Crippen LogP contribution in [0.1, 0.15) is 49.5 Å². The lowest BCUT2D eigenvalue weighted by molar-refractivity contribution is -0.352. The first-order valence-corrected chi connectivity index (χ1v) is 10.0. The molecule has 1 saturated heterocycles. The highest BCUT2D eigenvalue weighted by atomic mass is 19.4. The largest absolute Gasteiger partial charge is 0.522 e. The number of benzene rings is 1. The number of ether oxygens (including phenoxy) is 3. The SMILES string of the molecule is O=C(COc1ccccc1)N[C@H]1CC[C@H](c2nnc([C@H]3C[C@@H](OC(F)(F)F)C3)o2)OC1. The van der Waals surface area contributed by atoms with Gasteiger partial charge in [-0.25, -0.2) is 0 Å². The number of rotatable bonds is 7. The Morgan fingerprint density at radius 1 is 1.13 bits per heavy atom. The van der Waals surface area contributed by atoms with E-state index in [1.165, 1.54) is 0 Å². The second-order valence-electron chi connectivity index (χ2n) is 7.60. The molecule has 2 heterocycles. The number of nitrogens with one attached hydrogen (secondary N) is 1. The van der Waals surface area contributed by atoms with Crippen molar-refractivity contribution in [2.75, 3.05) is 13.2 Å². The van der Waals surface area contributed by atoms with Crippen LogP contribution in [0.5, 0.6) is 5.75 Å². The minimum Gasteiger partial charge on any atom is -0.484 e. The zero-order chi connectivity index (χ0) is 21.8.